The van der Waals surface area contributed by atoms with Crippen molar-refractivity contribution in [2.24, 2.45) is 5.73 Å². The molecule has 0 saturated heterocycles. The SMILES string of the molecule is CCN(CC1OCCc2ccccc21)C1CCC(N)CC1. The zero-order chi connectivity index (χ0) is 14.7. The molecular weight excluding hydrogens is 260 g/mol. The maximum Gasteiger partial charge on any atom is 0.0954 e. The van der Waals surface area contributed by atoms with Crippen molar-refractivity contribution in [3.63, 3.8) is 0 Å². The molecule has 1 atom stereocenters. The Kier molecular flexibility index (Phi) is 4.94. The highest BCUT2D eigenvalue weighted by Gasteiger charge is 2.28. The van der Waals surface area contributed by atoms with Crippen LogP contribution in [-0.2, 0) is 11.2 Å². The summed E-state index contributed by atoms with van der Waals surface area (Å²) in [7, 11) is 0. The summed E-state index contributed by atoms with van der Waals surface area (Å²) in [5.41, 5.74) is 8.91. The molecule has 2 N–H and O–H groups in total. The van der Waals surface area contributed by atoms with E-state index in [1.165, 1.54) is 36.8 Å². The molecule has 21 heavy (non-hydrogen) atoms. The highest BCUT2D eigenvalue weighted by atomic mass is 16.5. The van der Waals surface area contributed by atoms with E-state index in [-0.39, 0.29) is 6.10 Å². The van der Waals surface area contributed by atoms with Crippen LogP contribution in [0.3, 0.4) is 0 Å². The fraction of sp³-hybridized carbons (Fsp3) is 0.667. The van der Waals surface area contributed by atoms with Gasteiger partial charge in [-0.2, -0.15) is 0 Å². The Morgan fingerprint density at radius 3 is 2.71 bits per heavy atom. The zero-order valence-corrected chi connectivity index (χ0v) is 13.1. The van der Waals surface area contributed by atoms with Gasteiger partial charge in [-0.3, -0.25) is 4.90 Å². The van der Waals surface area contributed by atoms with Gasteiger partial charge in [0.15, 0.2) is 0 Å². The van der Waals surface area contributed by atoms with Crippen molar-refractivity contribution in [2.45, 2.75) is 57.2 Å². The summed E-state index contributed by atoms with van der Waals surface area (Å²) < 4.78 is 6.08. The zero-order valence-electron chi connectivity index (χ0n) is 13.1. The predicted molar refractivity (Wildman–Crippen MR) is 86.3 cm³/mol. The number of nitrogens with two attached hydrogens (primary N) is 1. The first-order valence-electron chi connectivity index (χ1n) is 8.47. The molecule has 1 aliphatic carbocycles. The van der Waals surface area contributed by atoms with E-state index in [1.54, 1.807) is 0 Å². The van der Waals surface area contributed by atoms with Gasteiger partial charge in [-0.05, 0) is 49.8 Å². The number of hydrogen-bond donors (Lipinski definition) is 1. The molecule has 0 radical (unpaired) electrons. The van der Waals surface area contributed by atoms with E-state index >= 15 is 0 Å². The van der Waals surface area contributed by atoms with Gasteiger partial charge in [-0.15, -0.1) is 0 Å². The number of ether oxygens (including phenoxy) is 1. The van der Waals surface area contributed by atoms with Gasteiger partial charge in [0.1, 0.15) is 0 Å². The summed E-state index contributed by atoms with van der Waals surface area (Å²) >= 11 is 0. The van der Waals surface area contributed by atoms with E-state index in [1.807, 2.05) is 0 Å². The minimum atomic E-state index is 0.241. The van der Waals surface area contributed by atoms with E-state index in [0.29, 0.717) is 12.1 Å². The molecule has 1 saturated carbocycles. The van der Waals surface area contributed by atoms with Gasteiger partial charge in [0, 0.05) is 18.6 Å². The highest BCUT2D eigenvalue weighted by molar-refractivity contribution is 5.31. The number of benzene rings is 1. The van der Waals surface area contributed by atoms with Gasteiger partial charge in [-0.1, -0.05) is 31.2 Å². The summed E-state index contributed by atoms with van der Waals surface area (Å²) in [5, 5.41) is 0. The monoisotopic (exact) mass is 288 g/mol. The van der Waals surface area contributed by atoms with Gasteiger partial charge < -0.3 is 10.5 Å². The standard InChI is InChI=1S/C18H28N2O/c1-2-20(16-9-7-15(19)8-10-16)13-18-17-6-4-3-5-14(17)11-12-21-18/h3-6,15-16,18H,2,7-13,19H2,1H3. The summed E-state index contributed by atoms with van der Waals surface area (Å²) in [6.07, 6.45) is 6.11. The van der Waals surface area contributed by atoms with Crippen molar-refractivity contribution < 1.29 is 4.74 Å². The first-order valence-corrected chi connectivity index (χ1v) is 8.47. The maximum atomic E-state index is 6.08. The second kappa shape index (κ2) is 6.91. The molecule has 0 spiro atoms. The Bertz CT molecular complexity index is 454. The van der Waals surface area contributed by atoms with Crippen LogP contribution in [0.4, 0.5) is 0 Å². The van der Waals surface area contributed by atoms with Crippen LogP contribution in [0, 0.1) is 0 Å². The Hall–Kier alpha value is -0.900. The van der Waals surface area contributed by atoms with Crippen LogP contribution in [0.25, 0.3) is 0 Å². The number of hydrogen-bond acceptors (Lipinski definition) is 3. The smallest absolute Gasteiger partial charge is 0.0954 e. The number of nitrogens with zero attached hydrogens (tertiary/aromatic N) is 1. The van der Waals surface area contributed by atoms with E-state index in [4.69, 9.17) is 10.5 Å². The molecule has 3 heteroatoms. The molecule has 1 aromatic rings. The third kappa shape index (κ3) is 3.47. The molecule has 2 aliphatic rings. The molecule has 0 aromatic heterocycles. The molecule has 1 unspecified atom stereocenters. The number of likely N-dealkylation sites (N-methyl/N-ethyl adjacent to an activating group) is 1. The molecule has 1 heterocycles. The summed E-state index contributed by atoms with van der Waals surface area (Å²) in [5.74, 6) is 0. The van der Waals surface area contributed by atoms with Gasteiger partial charge in [0.05, 0.1) is 12.7 Å². The summed E-state index contributed by atoms with van der Waals surface area (Å²) in [6.45, 7) is 5.24. The Morgan fingerprint density at radius 2 is 1.95 bits per heavy atom. The molecular formula is C18H28N2O. The van der Waals surface area contributed by atoms with Crippen LogP contribution in [0.2, 0.25) is 0 Å². The fourth-order valence-electron chi connectivity index (χ4n) is 3.84. The predicted octanol–water partition coefficient (Wildman–Crippen LogP) is 2.89. The Balaban J connectivity index is 1.67. The van der Waals surface area contributed by atoms with Gasteiger partial charge in [-0.25, -0.2) is 0 Å². The Labute approximate surface area is 128 Å². The van der Waals surface area contributed by atoms with Crippen LogP contribution < -0.4 is 5.73 Å². The van der Waals surface area contributed by atoms with Crippen molar-refractivity contribution in [3.05, 3.63) is 35.4 Å². The van der Waals surface area contributed by atoms with Crippen LogP contribution in [-0.4, -0.2) is 36.7 Å². The number of fused-ring (bicyclic) bond motifs is 1. The molecule has 0 amide bonds. The lowest BCUT2D eigenvalue weighted by molar-refractivity contribution is 0.00237. The number of rotatable bonds is 4. The fourth-order valence-corrected chi connectivity index (χ4v) is 3.84. The molecule has 1 aromatic carbocycles. The second-order valence-corrected chi connectivity index (χ2v) is 6.46. The highest BCUT2D eigenvalue weighted by Crippen LogP contribution is 2.30. The second-order valence-electron chi connectivity index (χ2n) is 6.46. The lowest BCUT2D eigenvalue weighted by atomic mass is 9.90. The van der Waals surface area contributed by atoms with E-state index < -0.39 is 0 Å². The van der Waals surface area contributed by atoms with Crippen LogP contribution in [0.5, 0.6) is 0 Å². The van der Waals surface area contributed by atoms with Crippen molar-refractivity contribution in [1.29, 1.82) is 0 Å². The molecule has 1 fully saturated rings. The van der Waals surface area contributed by atoms with Crippen LogP contribution in [0.1, 0.15) is 49.8 Å². The maximum absolute atomic E-state index is 6.08. The van der Waals surface area contributed by atoms with Gasteiger partial charge in [0.2, 0.25) is 0 Å². The minimum absolute atomic E-state index is 0.241. The first kappa shape index (κ1) is 15.0. The van der Waals surface area contributed by atoms with Crippen molar-refractivity contribution >= 4 is 0 Å². The molecule has 0 bridgehead atoms. The quantitative estimate of drug-likeness (QED) is 0.926. The average Bonchev–Trinajstić information content (AvgIpc) is 2.54. The van der Waals surface area contributed by atoms with E-state index in [2.05, 4.69) is 36.1 Å². The third-order valence-electron chi connectivity index (χ3n) is 5.16. The molecule has 3 nitrogen and oxygen atoms in total. The molecule has 116 valence electrons. The van der Waals surface area contributed by atoms with Crippen molar-refractivity contribution in [1.82, 2.24) is 4.90 Å². The first-order chi connectivity index (χ1) is 10.3. The topological polar surface area (TPSA) is 38.5 Å². The van der Waals surface area contributed by atoms with E-state index in [9.17, 15) is 0 Å². The largest absolute Gasteiger partial charge is 0.372 e. The van der Waals surface area contributed by atoms with Crippen molar-refractivity contribution in [2.75, 3.05) is 19.7 Å². The molecule has 3 rings (SSSR count). The Morgan fingerprint density at radius 1 is 1.19 bits per heavy atom. The van der Waals surface area contributed by atoms with Gasteiger partial charge in [0.25, 0.3) is 0 Å². The minimum Gasteiger partial charge on any atom is -0.372 e. The lowest BCUT2D eigenvalue weighted by Gasteiger charge is -2.38. The van der Waals surface area contributed by atoms with E-state index in [0.717, 1.165) is 26.1 Å². The summed E-state index contributed by atoms with van der Waals surface area (Å²) in [4.78, 5) is 2.61. The van der Waals surface area contributed by atoms with Gasteiger partial charge >= 0.3 is 0 Å². The van der Waals surface area contributed by atoms with Crippen LogP contribution in [0.15, 0.2) is 24.3 Å². The average molecular weight is 288 g/mol. The third-order valence-corrected chi connectivity index (χ3v) is 5.16. The normalized spacial score (nSPS) is 29.4. The van der Waals surface area contributed by atoms with Crippen LogP contribution >= 0.6 is 0 Å². The van der Waals surface area contributed by atoms with Crippen molar-refractivity contribution in [3.8, 4) is 0 Å². The summed E-state index contributed by atoms with van der Waals surface area (Å²) in [6, 6.07) is 9.88. The molecule has 1 aliphatic heterocycles. The lowest BCUT2D eigenvalue weighted by Crippen LogP contribution is -2.43.